The van der Waals surface area contributed by atoms with Gasteiger partial charge in [0.1, 0.15) is 0 Å². The molecule has 0 aromatic heterocycles. The molecule has 0 aliphatic heterocycles. The van der Waals surface area contributed by atoms with E-state index in [1.54, 1.807) is 0 Å². The summed E-state index contributed by atoms with van der Waals surface area (Å²) in [5.41, 5.74) is -0.0359. The van der Waals surface area contributed by atoms with Crippen molar-refractivity contribution in [2.24, 2.45) is 5.41 Å². The summed E-state index contributed by atoms with van der Waals surface area (Å²) in [7, 11) is 0. The largest absolute Gasteiger partial charge is 0.396 e. The predicted molar refractivity (Wildman–Crippen MR) is 66.2 cm³/mol. The second kappa shape index (κ2) is 7.63. The van der Waals surface area contributed by atoms with E-state index < -0.39 is 0 Å². The summed E-state index contributed by atoms with van der Waals surface area (Å²) >= 11 is 0. The normalized spacial score (nSPS) is 13.6. The third-order valence-electron chi connectivity index (χ3n) is 2.60. The fourth-order valence-electron chi connectivity index (χ4n) is 1.50. The number of hydrogen-bond acceptors (Lipinski definition) is 3. The average molecular weight is 230 g/mol. The van der Waals surface area contributed by atoms with Gasteiger partial charge in [-0.05, 0) is 25.3 Å². The van der Waals surface area contributed by atoms with Crippen LogP contribution in [0.15, 0.2) is 0 Å². The standard InChI is InChI=1S/C12H26N2O2/c1-5-13-10(2)8-11(16)14-9-12(3,4)6-7-15/h10,13,15H,5-9H2,1-4H3,(H,14,16). The molecule has 0 aliphatic carbocycles. The van der Waals surface area contributed by atoms with Gasteiger partial charge in [0, 0.05) is 25.6 Å². The number of aliphatic hydroxyl groups is 1. The molecule has 1 atom stereocenters. The minimum atomic E-state index is -0.0359. The van der Waals surface area contributed by atoms with Gasteiger partial charge in [0.15, 0.2) is 0 Å². The summed E-state index contributed by atoms with van der Waals surface area (Å²) < 4.78 is 0. The van der Waals surface area contributed by atoms with Gasteiger partial charge in [-0.2, -0.15) is 0 Å². The fraction of sp³-hybridized carbons (Fsp3) is 0.917. The lowest BCUT2D eigenvalue weighted by molar-refractivity contribution is -0.122. The molecule has 0 saturated heterocycles. The van der Waals surface area contributed by atoms with Crippen LogP contribution in [0.3, 0.4) is 0 Å². The topological polar surface area (TPSA) is 61.4 Å². The Bertz CT molecular complexity index is 205. The van der Waals surface area contributed by atoms with Crippen molar-refractivity contribution >= 4 is 5.91 Å². The van der Waals surface area contributed by atoms with Crippen LogP contribution in [0, 0.1) is 5.41 Å². The maximum atomic E-state index is 11.6. The van der Waals surface area contributed by atoms with Gasteiger partial charge in [0.25, 0.3) is 0 Å². The molecule has 0 fully saturated rings. The summed E-state index contributed by atoms with van der Waals surface area (Å²) in [6.45, 7) is 9.77. The molecular weight excluding hydrogens is 204 g/mol. The SMILES string of the molecule is CCNC(C)CC(=O)NCC(C)(C)CCO. The van der Waals surface area contributed by atoms with Gasteiger partial charge in [-0.3, -0.25) is 4.79 Å². The highest BCUT2D eigenvalue weighted by atomic mass is 16.3. The van der Waals surface area contributed by atoms with Crippen molar-refractivity contribution in [3.8, 4) is 0 Å². The molecule has 96 valence electrons. The zero-order chi connectivity index (χ0) is 12.6. The summed E-state index contributed by atoms with van der Waals surface area (Å²) in [5, 5.41) is 15.0. The van der Waals surface area contributed by atoms with E-state index in [2.05, 4.69) is 10.6 Å². The number of amides is 1. The second-order valence-corrected chi connectivity index (χ2v) is 5.08. The van der Waals surface area contributed by atoms with Gasteiger partial charge >= 0.3 is 0 Å². The number of hydrogen-bond donors (Lipinski definition) is 3. The van der Waals surface area contributed by atoms with Gasteiger partial charge in [-0.15, -0.1) is 0 Å². The second-order valence-electron chi connectivity index (χ2n) is 5.08. The van der Waals surface area contributed by atoms with Crippen molar-refractivity contribution < 1.29 is 9.90 Å². The van der Waals surface area contributed by atoms with E-state index in [0.29, 0.717) is 19.4 Å². The van der Waals surface area contributed by atoms with E-state index in [1.807, 2.05) is 27.7 Å². The van der Waals surface area contributed by atoms with Gasteiger partial charge in [0.2, 0.25) is 5.91 Å². The minimum absolute atomic E-state index is 0.0359. The first kappa shape index (κ1) is 15.4. The van der Waals surface area contributed by atoms with E-state index >= 15 is 0 Å². The van der Waals surface area contributed by atoms with Gasteiger partial charge in [-0.25, -0.2) is 0 Å². The molecule has 4 nitrogen and oxygen atoms in total. The fourth-order valence-corrected chi connectivity index (χ4v) is 1.50. The first-order valence-corrected chi connectivity index (χ1v) is 6.02. The molecule has 0 rings (SSSR count). The third-order valence-corrected chi connectivity index (χ3v) is 2.60. The Morgan fingerprint density at radius 3 is 2.56 bits per heavy atom. The van der Waals surface area contributed by atoms with Crippen molar-refractivity contribution in [3.05, 3.63) is 0 Å². The van der Waals surface area contributed by atoms with Crippen molar-refractivity contribution in [3.63, 3.8) is 0 Å². The summed E-state index contributed by atoms with van der Waals surface area (Å²) in [6, 6.07) is 0.214. The molecule has 0 radical (unpaired) electrons. The summed E-state index contributed by atoms with van der Waals surface area (Å²) in [5.74, 6) is 0.0689. The van der Waals surface area contributed by atoms with Gasteiger partial charge in [-0.1, -0.05) is 20.8 Å². The van der Waals surface area contributed by atoms with Crippen molar-refractivity contribution in [2.45, 2.75) is 46.6 Å². The lowest BCUT2D eigenvalue weighted by atomic mass is 9.90. The number of carbonyl (C=O) groups is 1. The van der Waals surface area contributed by atoms with Crippen LogP contribution in [-0.2, 0) is 4.79 Å². The van der Waals surface area contributed by atoms with Crippen LogP contribution in [0.1, 0.15) is 40.5 Å². The van der Waals surface area contributed by atoms with E-state index in [1.165, 1.54) is 0 Å². The highest BCUT2D eigenvalue weighted by molar-refractivity contribution is 5.76. The smallest absolute Gasteiger partial charge is 0.221 e. The number of nitrogens with one attached hydrogen (secondary N) is 2. The molecule has 0 aromatic carbocycles. The van der Waals surface area contributed by atoms with Crippen molar-refractivity contribution in [1.82, 2.24) is 10.6 Å². The number of aliphatic hydroxyl groups excluding tert-OH is 1. The molecule has 1 amide bonds. The van der Waals surface area contributed by atoms with Crippen LogP contribution in [-0.4, -0.2) is 36.8 Å². The van der Waals surface area contributed by atoms with Crippen molar-refractivity contribution in [2.75, 3.05) is 19.7 Å². The Kier molecular flexibility index (Phi) is 7.34. The average Bonchev–Trinajstić information content (AvgIpc) is 2.15. The first-order valence-electron chi connectivity index (χ1n) is 6.02. The van der Waals surface area contributed by atoms with Gasteiger partial charge < -0.3 is 15.7 Å². The monoisotopic (exact) mass is 230 g/mol. The highest BCUT2D eigenvalue weighted by Crippen LogP contribution is 2.17. The molecule has 3 N–H and O–H groups in total. The molecule has 0 bridgehead atoms. The summed E-state index contributed by atoms with van der Waals surface area (Å²) in [6.07, 6.45) is 1.21. The van der Waals surface area contributed by atoms with Crippen LogP contribution >= 0.6 is 0 Å². The molecule has 0 heterocycles. The van der Waals surface area contributed by atoms with Crippen LogP contribution in [0.5, 0.6) is 0 Å². The highest BCUT2D eigenvalue weighted by Gasteiger charge is 2.18. The van der Waals surface area contributed by atoms with Gasteiger partial charge in [0.05, 0.1) is 0 Å². The first-order chi connectivity index (χ1) is 7.41. The lowest BCUT2D eigenvalue weighted by Crippen LogP contribution is -2.38. The zero-order valence-electron chi connectivity index (χ0n) is 11.0. The molecule has 1 unspecified atom stereocenters. The third kappa shape index (κ3) is 7.65. The Morgan fingerprint density at radius 1 is 1.44 bits per heavy atom. The molecule has 0 aliphatic rings. The zero-order valence-corrected chi connectivity index (χ0v) is 11.0. The van der Waals surface area contributed by atoms with E-state index in [9.17, 15) is 4.79 Å². The minimum Gasteiger partial charge on any atom is -0.396 e. The number of carbonyl (C=O) groups excluding carboxylic acids is 1. The molecule has 0 saturated carbocycles. The molecule has 0 spiro atoms. The Hall–Kier alpha value is -0.610. The van der Waals surface area contributed by atoms with E-state index in [0.717, 1.165) is 6.54 Å². The molecule has 16 heavy (non-hydrogen) atoms. The Balaban J connectivity index is 3.80. The van der Waals surface area contributed by atoms with Crippen LogP contribution in [0.2, 0.25) is 0 Å². The van der Waals surface area contributed by atoms with E-state index in [-0.39, 0.29) is 24.0 Å². The van der Waals surface area contributed by atoms with Crippen LogP contribution < -0.4 is 10.6 Å². The van der Waals surface area contributed by atoms with E-state index in [4.69, 9.17) is 5.11 Å². The maximum absolute atomic E-state index is 11.6. The maximum Gasteiger partial charge on any atom is 0.221 e. The van der Waals surface area contributed by atoms with Crippen LogP contribution in [0.4, 0.5) is 0 Å². The Morgan fingerprint density at radius 2 is 2.06 bits per heavy atom. The molecule has 4 heteroatoms. The Labute approximate surface area is 98.8 Å². The molecular formula is C12H26N2O2. The predicted octanol–water partition coefficient (Wildman–Crippen LogP) is 0.899. The van der Waals surface area contributed by atoms with Crippen LogP contribution in [0.25, 0.3) is 0 Å². The quantitative estimate of drug-likeness (QED) is 0.580. The molecule has 0 aromatic rings. The summed E-state index contributed by atoms with van der Waals surface area (Å²) in [4.78, 5) is 11.6. The number of rotatable bonds is 8. The lowest BCUT2D eigenvalue weighted by Gasteiger charge is -2.24. The van der Waals surface area contributed by atoms with Crippen molar-refractivity contribution in [1.29, 1.82) is 0 Å².